The molecule has 0 bridgehead atoms. The van der Waals surface area contributed by atoms with Crippen LogP contribution < -0.4 is 11.3 Å². The van der Waals surface area contributed by atoms with Crippen LogP contribution in [0.5, 0.6) is 0 Å². The van der Waals surface area contributed by atoms with Crippen molar-refractivity contribution in [1.29, 1.82) is 0 Å². The van der Waals surface area contributed by atoms with E-state index in [0.717, 1.165) is 14.8 Å². The van der Waals surface area contributed by atoms with Crippen molar-refractivity contribution in [1.82, 2.24) is 5.43 Å². The molecule has 1 unspecified atom stereocenters. The maximum absolute atomic E-state index is 5.95. The lowest BCUT2D eigenvalue weighted by Crippen LogP contribution is -2.28. The fourth-order valence-electron chi connectivity index (χ4n) is 1.51. The van der Waals surface area contributed by atoms with Gasteiger partial charge in [-0.3, -0.25) is 5.84 Å². The van der Waals surface area contributed by atoms with Crippen LogP contribution in [0.25, 0.3) is 0 Å². The largest absolute Gasteiger partial charge is 0.271 e. The molecule has 0 aliphatic rings. The first-order chi connectivity index (χ1) is 7.70. The molecule has 0 radical (unpaired) electrons. The number of benzene rings is 1. The molecule has 2 nitrogen and oxygen atoms in total. The van der Waals surface area contributed by atoms with Crippen LogP contribution in [0.4, 0.5) is 0 Å². The number of nitrogens with two attached hydrogens (primary N) is 1. The van der Waals surface area contributed by atoms with Gasteiger partial charge in [-0.25, -0.2) is 5.43 Å². The van der Waals surface area contributed by atoms with E-state index in [4.69, 9.17) is 29.0 Å². The van der Waals surface area contributed by atoms with Gasteiger partial charge in [0.25, 0.3) is 0 Å². The molecule has 2 aromatic rings. The Bertz CT molecular complexity index is 484. The lowest BCUT2D eigenvalue weighted by atomic mass is 10.1. The van der Waals surface area contributed by atoms with E-state index in [1.807, 2.05) is 36.4 Å². The molecule has 1 heterocycles. The average molecular weight is 273 g/mol. The molecule has 0 fully saturated rings. The SMILES string of the molecule is NNC(c1cccc(Cl)c1)c1ccc(Cl)s1. The zero-order valence-electron chi connectivity index (χ0n) is 8.28. The van der Waals surface area contributed by atoms with E-state index in [1.54, 1.807) is 0 Å². The van der Waals surface area contributed by atoms with Gasteiger partial charge in [-0.2, -0.15) is 0 Å². The third-order valence-electron chi connectivity index (χ3n) is 2.23. The molecule has 2 rings (SSSR count). The molecule has 0 aliphatic carbocycles. The summed E-state index contributed by atoms with van der Waals surface area (Å²) in [5.74, 6) is 5.57. The molecular formula is C11H10Cl2N2S. The van der Waals surface area contributed by atoms with Crippen LogP contribution in [0.3, 0.4) is 0 Å². The highest BCUT2D eigenvalue weighted by Gasteiger charge is 2.14. The summed E-state index contributed by atoms with van der Waals surface area (Å²) in [6, 6.07) is 11.3. The van der Waals surface area contributed by atoms with Gasteiger partial charge in [-0.1, -0.05) is 35.3 Å². The Morgan fingerprint density at radius 2 is 2.00 bits per heavy atom. The van der Waals surface area contributed by atoms with Crippen LogP contribution in [0.1, 0.15) is 16.5 Å². The van der Waals surface area contributed by atoms with Crippen molar-refractivity contribution < 1.29 is 0 Å². The maximum Gasteiger partial charge on any atom is 0.0931 e. The van der Waals surface area contributed by atoms with E-state index in [0.29, 0.717) is 5.02 Å². The minimum Gasteiger partial charge on any atom is -0.271 e. The van der Waals surface area contributed by atoms with Crippen molar-refractivity contribution >= 4 is 34.5 Å². The summed E-state index contributed by atoms with van der Waals surface area (Å²) in [5.41, 5.74) is 3.79. The molecule has 3 N–H and O–H groups in total. The smallest absolute Gasteiger partial charge is 0.0931 e. The van der Waals surface area contributed by atoms with Gasteiger partial charge in [-0.15, -0.1) is 11.3 Å². The fourth-order valence-corrected chi connectivity index (χ4v) is 2.86. The van der Waals surface area contributed by atoms with Gasteiger partial charge < -0.3 is 0 Å². The van der Waals surface area contributed by atoms with Gasteiger partial charge in [0.05, 0.1) is 10.4 Å². The maximum atomic E-state index is 5.95. The molecule has 0 saturated heterocycles. The van der Waals surface area contributed by atoms with Gasteiger partial charge in [0.2, 0.25) is 0 Å². The van der Waals surface area contributed by atoms with Crippen molar-refractivity contribution in [2.45, 2.75) is 6.04 Å². The van der Waals surface area contributed by atoms with E-state index < -0.39 is 0 Å². The number of halogens is 2. The van der Waals surface area contributed by atoms with Crippen LogP contribution in [0.15, 0.2) is 36.4 Å². The highest BCUT2D eigenvalue weighted by molar-refractivity contribution is 7.16. The molecule has 16 heavy (non-hydrogen) atoms. The van der Waals surface area contributed by atoms with Gasteiger partial charge in [0.1, 0.15) is 0 Å². The molecule has 1 atom stereocenters. The van der Waals surface area contributed by atoms with Crippen LogP contribution in [0, 0.1) is 0 Å². The molecule has 0 saturated carbocycles. The van der Waals surface area contributed by atoms with Gasteiger partial charge in [-0.05, 0) is 29.8 Å². The minimum atomic E-state index is -0.0730. The molecule has 0 amide bonds. The first-order valence-corrected chi connectivity index (χ1v) is 6.25. The van der Waals surface area contributed by atoms with Crippen molar-refractivity contribution in [3.8, 4) is 0 Å². The fraction of sp³-hybridized carbons (Fsp3) is 0.0909. The lowest BCUT2D eigenvalue weighted by Gasteiger charge is -2.14. The third-order valence-corrected chi connectivity index (χ3v) is 3.76. The highest BCUT2D eigenvalue weighted by atomic mass is 35.5. The van der Waals surface area contributed by atoms with E-state index in [2.05, 4.69) is 5.43 Å². The standard InChI is InChI=1S/C11H10Cl2N2S/c12-8-3-1-2-7(6-8)11(15-14)9-4-5-10(13)16-9/h1-6,11,15H,14H2. The van der Waals surface area contributed by atoms with E-state index >= 15 is 0 Å². The van der Waals surface area contributed by atoms with Crippen molar-refractivity contribution in [2.75, 3.05) is 0 Å². The monoisotopic (exact) mass is 272 g/mol. The Labute approximate surface area is 108 Å². The number of thiophene rings is 1. The molecule has 1 aromatic heterocycles. The summed E-state index contributed by atoms with van der Waals surface area (Å²) in [7, 11) is 0. The quantitative estimate of drug-likeness (QED) is 0.662. The Hall–Kier alpha value is -0.580. The van der Waals surface area contributed by atoms with Crippen LogP contribution in [-0.4, -0.2) is 0 Å². The average Bonchev–Trinajstić information content (AvgIpc) is 2.66. The zero-order chi connectivity index (χ0) is 11.5. The second-order valence-electron chi connectivity index (χ2n) is 3.30. The van der Waals surface area contributed by atoms with E-state index in [1.165, 1.54) is 11.3 Å². The predicted octanol–water partition coefficient (Wildman–Crippen LogP) is 3.61. The highest BCUT2D eigenvalue weighted by Crippen LogP contribution is 2.31. The summed E-state index contributed by atoms with van der Waals surface area (Å²) in [5, 5.41) is 0.695. The summed E-state index contributed by atoms with van der Waals surface area (Å²) < 4.78 is 0.747. The van der Waals surface area contributed by atoms with Gasteiger partial charge in [0, 0.05) is 9.90 Å². The second-order valence-corrected chi connectivity index (χ2v) is 5.48. The summed E-state index contributed by atoms with van der Waals surface area (Å²) in [4.78, 5) is 1.06. The predicted molar refractivity (Wildman–Crippen MR) is 69.9 cm³/mol. The molecular weight excluding hydrogens is 263 g/mol. The first-order valence-electron chi connectivity index (χ1n) is 4.67. The Balaban J connectivity index is 2.36. The number of hydrazine groups is 1. The van der Waals surface area contributed by atoms with Crippen molar-refractivity contribution in [2.24, 2.45) is 5.84 Å². The van der Waals surface area contributed by atoms with Crippen LogP contribution in [-0.2, 0) is 0 Å². The Morgan fingerprint density at radius 1 is 1.19 bits per heavy atom. The number of hydrogen-bond donors (Lipinski definition) is 2. The molecule has 84 valence electrons. The normalized spacial score (nSPS) is 12.7. The van der Waals surface area contributed by atoms with Gasteiger partial charge >= 0.3 is 0 Å². The van der Waals surface area contributed by atoms with Gasteiger partial charge in [0.15, 0.2) is 0 Å². The van der Waals surface area contributed by atoms with E-state index in [9.17, 15) is 0 Å². The summed E-state index contributed by atoms with van der Waals surface area (Å²) >= 11 is 13.4. The number of hydrogen-bond acceptors (Lipinski definition) is 3. The molecule has 1 aromatic carbocycles. The first kappa shape index (κ1) is 11.9. The van der Waals surface area contributed by atoms with Crippen molar-refractivity contribution in [3.63, 3.8) is 0 Å². The van der Waals surface area contributed by atoms with Crippen LogP contribution >= 0.6 is 34.5 Å². The molecule has 0 aliphatic heterocycles. The summed E-state index contributed by atoms with van der Waals surface area (Å²) in [6.45, 7) is 0. The Kier molecular flexibility index (Phi) is 3.84. The number of rotatable bonds is 3. The lowest BCUT2D eigenvalue weighted by molar-refractivity contribution is 0.646. The topological polar surface area (TPSA) is 38.0 Å². The molecule has 0 spiro atoms. The number of nitrogens with one attached hydrogen (secondary N) is 1. The minimum absolute atomic E-state index is 0.0730. The van der Waals surface area contributed by atoms with E-state index in [-0.39, 0.29) is 6.04 Å². The van der Waals surface area contributed by atoms with Crippen LogP contribution in [0.2, 0.25) is 9.36 Å². The van der Waals surface area contributed by atoms with Crippen molar-refractivity contribution in [3.05, 3.63) is 56.2 Å². The summed E-state index contributed by atoms with van der Waals surface area (Å²) in [6.07, 6.45) is 0. The molecule has 5 heteroatoms. The second kappa shape index (κ2) is 5.17. The zero-order valence-corrected chi connectivity index (χ0v) is 10.6. The Morgan fingerprint density at radius 3 is 2.56 bits per heavy atom. The third kappa shape index (κ3) is 2.56.